The van der Waals surface area contributed by atoms with Crippen molar-refractivity contribution in [1.29, 1.82) is 0 Å². The first-order chi connectivity index (χ1) is 14.1. The molecule has 5 nitrogen and oxygen atoms in total. The largest absolute Gasteiger partial charge is 0.481 e. The van der Waals surface area contributed by atoms with Gasteiger partial charge in [0, 0.05) is 0 Å². The number of amides is 1. The molecule has 3 saturated carbocycles. The van der Waals surface area contributed by atoms with E-state index in [1.165, 1.54) is 6.42 Å². The van der Waals surface area contributed by atoms with Crippen LogP contribution in [0.25, 0.3) is 0 Å². The maximum Gasteiger partial charge on any atom is 0.481 e. The predicted octanol–water partition coefficient (Wildman–Crippen LogP) is 3.35. The van der Waals surface area contributed by atoms with Gasteiger partial charge in [-0.05, 0) is 61.3 Å². The van der Waals surface area contributed by atoms with Crippen molar-refractivity contribution in [2.75, 3.05) is 0 Å². The molecule has 1 aromatic rings. The highest BCUT2D eigenvalue weighted by molar-refractivity contribution is 6.47. The van der Waals surface area contributed by atoms with Crippen LogP contribution in [-0.2, 0) is 20.5 Å². The monoisotopic (exact) mass is 412 g/mol. The smallest absolute Gasteiger partial charge is 0.404 e. The molecule has 164 valence electrons. The lowest BCUT2D eigenvalue weighted by atomic mass is 9.43. The molecule has 0 aromatic heterocycles. The Bertz CT molecular complexity index is 771. The molecule has 3 aliphatic carbocycles. The number of rotatable bonds is 7. The number of nitrogens with one attached hydrogen (secondary N) is 1. The topological polar surface area (TPSA) is 73.6 Å². The normalized spacial score (nSPS) is 33.6. The highest BCUT2D eigenvalue weighted by Crippen LogP contribution is 2.65. The van der Waals surface area contributed by atoms with Crippen LogP contribution in [-0.4, -0.2) is 36.7 Å². The zero-order valence-corrected chi connectivity index (χ0v) is 19.1. The van der Waals surface area contributed by atoms with Gasteiger partial charge in [-0.25, -0.2) is 0 Å². The van der Waals surface area contributed by atoms with Gasteiger partial charge in [0.25, 0.3) is 0 Å². The molecule has 2 bridgehead atoms. The fourth-order valence-corrected chi connectivity index (χ4v) is 6.07. The number of carbonyl (C=O) groups excluding carboxylic acids is 1. The van der Waals surface area contributed by atoms with Crippen molar-refractivity contribution in [2.45, 2.75) is 84.0 Å². The average molecular weight is 412 g/mol. The quantitative estimate of drug-likeness (QED) is 0.674. The molecule has 1 heterocycles. The fourth-order valence-electron chi connectivity index (χ4n) is 6.07. The molecule has 1 amide bonds. The summed E-state index contributed by atoms with van der Waals surface area (Å²) in [7, 11) is -0.412. The third-order valence-corrected chi connectivity index (χ3v) is 7.99. The van der Waals surface area contributed by atoms with Crippen LogP contribution in [0, 0.1) is 23.2 Å². The molecule has 1 aliphatic heterocycles. The van der Waals surface area contributed by atoms with Crippen molar-refractivity contribution in [3.63, 3.8) is 0 Å². The lowest BCUT2D eigenvalue weighted by Crippen LogP contribution is -2.65. The van der Waals surface area contributed by atoms with Crippen LogP contribution >= 0.6 is 0 Å². The summed E-state index contributed by atoms with van der Waals surface area (Å²) in [5.74, 6) is 1.30. The Morgan fingerprint density at radius 1 is 1.23 bits per heavy atom. The summed E-state index contributed by atoms with van der Waals surface area (Å²) in [6.07, 6.45) is 3.70. The number of carbonyl (C=O) groups is 1. The summed E-state index contributed by atoms with van der Waals surface area (Å²) in [6, 6.07) is 9.32. The van der Waals surface area contributed by atoms with E-state index < -0.39 is 13.2 Å². The molecule has 30 heavy (non-hydrogen) atoms. The minimum atomic E-state index is -0.590. The van der Waals surface area contributed by atoms with Crippen LogP contribution in [0.4, 0.5) is 0 Å². The molecule has 0 radical (unpaired) electrons. The lowest BCUT2D eigenvalue weighted by Gasteiger charge is -2.64. The van der Waals surface area contributed by atoms with Gasteiger partial charge in [0.1, 0.15) is 0 Å². The number of benzene rings is 1. The minimum absolute atomic E-state index is 0.115. The second kappa shape index (κ2) is 7.96. The predicted molar refractivity (Wildman–Crippen MR) is 120 cm³/mol. The van der Waals surface area contributed by atoms with Gasteiger partial charge in [-0.15, -0.1) is 0 Å². The van der Waals surface area contributed by atoms with Crippen molar-refractivity contribution in [2.24, 2.45) is 28.9 Å². The van der Waals surface area contributed by atoms with E-state index in [4.69, 9.17) is 15.0 Å². The minimum Gasteiger partial charge on any atom is -0.404 e. The first-order valence-corrected chi connectivity index (χ1v) is 11.5. The Balaban J connectivity index is 1.44. The van der Waals surface area contributed by atoms with Crippen LogP contribution in [0.1, 0.15) is 59.4 Å². The van der Waals surface area contributed by atoms with E-state index >= 15 is 0 Å². The van der Waals surface area contributed by atoms with Gasteiger partial charge in [0.05, 0.1) is 23.7 Å². The van der Waals surface area contributed by atoms with E-state index in [2.05, 4.69) is 39.9 Å². The maximum absolute atomic E-state index is 12.9. The van der Waals surface area contributed by atoms with Gasteiger partial charge in [-0.2, -0.15) is 0 Å². The Kier molecular flexibility index (Phi) is 5.80. The number of hydrogen-bond donors (Lipinski definition) is 2. The molecule has 4 aliphatic rings. The summed E-state index contributed by atoms with van der Waals surface area (Å²) in [6.45, 7) is 11.3. The first kappa shape index (κ1) is 21.9. The molecular formula is C24H37BN2O3. The highest BCUT2D eigenvalue weighted by atomic mass is 16.7. The van der Waals surface area contributed by atoms with Gasteiger partial charge in [0.15, 0.2) is 0 Å². The van der Waals surface area contributed by atoms with E-state index in [0.29, 0.717) is 29.6 Å². The molecule has 1 saturated heterocycles. The van der Waals surface area contributed by atoms with Crippen molar-refractivity contribution < 1.29 is 14.1 Å². The molecular weight excluding hydrogens is 375 g/mol. The van der Waals surface area contributed by atoms with Crippen molar-refractivity contribution in [3.8, 4) is 0 Å². The third-order valence-electron chi connectivity index (χ3n) is 7.99. The van der Waals surface area contributed by atoms with Crippen LogP contribution in [0.5, 0.6) is 0 Å². The lowest BCUT2D eigenvalue weighted by molar-refractivity contribution is -0.199. The highest BCUT2D eigenvalue weighted by Gasteiger charge is 2.68. The number of nitrogens with two attached hydrogens (primary N) is 1. The van der Waals surface area contributed by atoms with Crippen LogP contribution in [0.15, 0.2) is 30.3 Å². The Morgan fingerprint density at radius 2 is 1.93 bits per heavy atom. The molecule has 3 N–H and O–H groups in total. The van der Waals surface area contributed by atoms with E-state index in [9.17, 15) is 4.79 Å². The van der Waals surface area contributed by atoms with Crippen molar-refractivity contribution >= 4 is 13.0 Å². The Morgan fingerprint density at radius 3 is 2.57 bits per heavy atom. The second-order valence-electron chi connectivity index (χ2n) is 10.9. The van der Waals surface area contributed by atoms with Gasteiger partial charge >= 0.3 is 7.12 Å². The number of hydrogen-bond acceptors (Lipinski definition) is 4. The second-order valence-corrected chi connectivity index (χ2v) is 10.9. The average Bonchev–Trinajstić information content (AvgIpc) is 3.04. The standard InChI is InChI=1S/C24H37BN2O3/c1-15(2)11-21(27-22(28)18(26)12-16-9-7-6-8-10-16)25-29-20-14-17-13-19(23(17,3)4)24(20,5)30-25/h6-10,15,17-21H,11-14,26H2,1-5H3,(H,27,28)/t17?,18-,19?,20?,21?,24-/m0/s1. The van der Waals surface area contributed by atoms with E-state index in [-0.39, 0.29) is 23.6 Å². The molecule has 1 aromatic carbocycles. The summed E-state index contributed by atoms with van der Waals surface area (Å²) in [4.78, 5) is 12.9. The van der Waals surface area contributed by atoms with Crippen LogP contribution in [0.3, 0.4) is 0 Å². The Hall–Kier alpha value is -1.37. The van der Waals surface area contributed by atoms with Gasteiger partial charge < -0.3 is 20.4 Å². The third kappa shape index (κ3) is 3.83. The van der Waals surface area contributed by atoms with E-state index in [0.717, 1.165) is 18.4 Å². The van der Waals surface area contributed by atoms with Crippen molar-refractivity contribution in [3.05, 3.63) is 35.9 Å². The summed E-state index contributed by atoms with van der Waals surface area (Å²) in [5, 5.41) is 3.17. The molecule has 4 unspecified atom stereocenters. The molecule has 4 fully saturated rings. The molecule has 6 heteroatoms. The summed E-state index contributed by atoms with van der Waals surface area (Å²) < 4.78 is 13.1. The summed E-state index contributed by atoms with van der Waals surface area (Å²) in [5.41, 5.74) is 7.34. The summed E-state index contributed by atoms with van der Waals surface area (Å²) >= 11 is 0. The zero-order valence-electron chi connectivity index (χ0n) is 19.1. The Labute approximate surface area is 181 Å². The SMILES string of the molecule is CC(C)CC(NC(=O)[C@@H](N)Cc1ccccc1)B1OC2CC3CC(C3(C)C)[C@]2(C)O1. The molecule has 6 atom stereocenters. The van der Waals surface area contributed by atoms with Gasteiger partial charge in [0.2, 0.25) is 5.91 Å². The first-order valence-electron chi connectivity index (χ1n) is 11.5. The fraction of sp³-hybridized carbons (Fsp3) is 0.708. The molecule has 5 rings (SSSR count). The maximum atomic E-state index is 12.9. The zero-order chi connectivity index (χ0) is 21.7. The van der Waals surface area contributed by atoms with Gasteiger partial charge in [-0.1, -0.05) is 58.0 Å². The van der Waals surface area contributed by atoms with Crippen LogP contribution < -0.4 is 11.1 Å². The van der Waals surface area contributed by atoms with Crippen LogP contribution in [0.2, 0.25) is 0 Å². The van der Waals surface area contributed by atoms with E-state index in [1.807, 2.05) is 30.3 Å². The molecule has 0 spiro atoms. The van der Waals surface area contributed by atoms with E-state index in [1.54, 1.807) is 0 Å². The van der Waals surface area contributed by atoms with Gasteiger partial charge in [-0.3, -0.25) is 4.79 Å². The van der Waals surface area contributed by atoms with Crippen molar-refractivity contribution in [1.82, 2.24) is 5.32 Å².